The van der Waals surface area contributed by atoms with Gasteiger partial charge in [-0.1, -0.05) is 0 Å². The van der Waals surface area contributed by atoms with Crippen molar-refractivity contribution in [2.45, 2.75) is 44.3 Å². The van der Waals surface area contributed by atoms with Gasteiger partial charge in [0.1, 0.15) is 18.9 Å². The zero-order valence-electron chi connectivity index (χ0n) is 21.3. The topological polar surface area (TPSA) is 150 Å². The van der Waals surface area contributed by atoms with E-state index in [1.165, 1.54) is 12.1 Å². The number of hydrogen-bond donors (Lipinski definition) is 3. The van der Waals surface area contributed by atoms with E-state index in [0.29, 0.717) is 12.1 Å². The fraction of sp³-hybridized carbons (Fsp3) is 0.391. The van der Waals surface area contributed by atoms with E-state index in [9.17, 15) is 55.1 Å². The van der Waals surface area contributed by atoms with Crippen LogP contribution in [0.15, 0.2) is 47.3 Å². The van der Waals surface area contributed by atoms with Gasteiger partial charge in [-0.05, 0) is 55.0 Å². The monoisotopic (exact) mass is 630 g/mol. The van der Waals surface area contributed by atoms with Gasteiger partial charge >= 0.3 is 25.8 Å². The van der Waals surface area contributed by atoms with Crippen molar-refractivity contribution in [3.63, 3.8) is 0 Å². The highest BCUT2D eigenvalue weighted by atomic mass is 31.2. The van der Waals surface area contributed by atoms with Crippen LogP contribution in [0.5, 0.6) is 0 Å². The number of halogens is 7. The van der Waals surface area contributed by atoms with Crippen molar-refractivity contribution in [3.8, 4) is 0 Å². The maximum absolute atomic E-state index is 14.2. The van der Waals surface area contributed by atoms with Gasteiger partial charge in [0, 0.05) is 5.56 Å². The summed E-state index contributed by atoms with van der Waals surface area (Å²) in [6.45, 7) is -0.307. The third-order valence-electron chi connectivity index (χ3n) is 6.46. The third-order valence-corrected chi connectivity index (χ3v) is 7.22. The largest absolute Gasteiger partial charge is 0.632 e. The van der Waals surface area contributed by atoms with Crippen LogP contribution < -0.4 is 5.69 Å². The highest BCUT2D eigenvalue weighted by Crippen LogP contribution is 2.42. The van der Waals surface area contributed by atoms with Gasteiger partial charge in [0.2, 0.25) is 6.29 Å². The number of quaternary nitrogens is 1. The Kier molecular flexibility index (Phi) is 8.47. The minimum absolute atomic E-state index is 0.0499. The number of ether oxygens (including phenoxy) is 2. The first-order valence-electron chi connectivity index (χ1n) is 11.9. The first-order valence-corrected chi connectivity index (χ1v) is 13.5. The number of aromatic nitrogens is 3. The van der Waals surface area contributed by atoms with Gasteiger partial charge in [0.05, 0.1) is 23.8 Å². The summed E-state index contributed by atoms with van der Waals surface area (Å²) in [5, 5.41) is 17.7. The van der Waals surface area contributed by atoms with Crippen LogP contribution in [-0.2, 0) is 32.9 Å². The average molecular weight is 630 g/mol. The van der Waals surface area contributed by atoms with Crippen molar-refractivity contribution >= 4 is 7.75 Å². The zero-order valence-corrected chi connectivity index (χ0v) is 22.2. The number of benzene rings is 2. The molecule has 3 aromatic rings. The van der Waals surface area contributed by atoms with E-state index in [1.807, 2.05) is 0 Å². The molecule has 0 unspecified atom stereocenters. The molecule has 0 saturated carbocycles. The third kappa shape index (κ3) is 6.91. The Morgan fingerprint density at radius 3 is 2.21 bits per heavy atom. The minimum Gasteiger partial charge on any atom is -0.632 e. The van der Waals surface area contributed by atoms with Crippen LogP contribution in [0.3, 0.4) is 0 Å². The summed E-state index contributed by atoms with van der Waals surface area (Å²) in [6, 6.07) is 3.75. The Morgan fingerprint density at radius 2 is 1.71 bits per heavy atom. The summed E-state index contributed by atoms with van der Waals surface area (Å²) in [5.74, 6) is -1.15. The molecule has 1 fully saturated rings. The zero-order chi connectivity index (χ0) is 31.3. The Hall–Kier alpha value is -3.12. The van der Waals surface area contributed by atoms with Crippen LogP contribution in [0.2, 0.25) is 0 Å². The Morgan fingerprint density at radius 1 is 1.14 bits per heavy atom. The molecule has 3 N–H and O–H groups in total. The summed E-state index contributed by atoms with van der Waals surface area (Å²) >= 11 is 0. The highest BCUT2D eigenvalue weighted by Gasteiger charge is 2.45. The quantitative estimate of drug-likeness (QED) is 0.151. The van der Waals surface area contributed by atoms with Crippen LogP contribution in [-0.4, -0.2) is 48.4 Å². The van der Waals surface area contributed by atoms with E-state index in [0.717, 1.165) is 19.1 Å². The molecule has 230 valence electrons. The molecule has 0 radical (unpaired) electrons. The Labute approximate surface area is 231 Å². The van der Waals surface area contributed by atoms with Gasteiger partial charge in [-0.3, -0.25) is 4.98 Å². The molecule has 1 aliphatic heterocycles. The van der Waals surface area contributed by atoms with Crippen LogP contribution in [0.25, 0.3) is 0 Å². The van der Waals surface area contributed by atoms with Crippen molar-refractivity contribution in [3.05, 3.63) is 92.1 Å². The number of morpholine rings is 1. The number of nitrogens with zero attached hydrogens (tertiary/aromatic N) is 3. The predicted molar refractivity (Wildman–Crippen MR) is 127 cm³/mol. The molecule has 1 saturated heterocycles. The number of alkyl halides is 6. The van der Waals surface area contributed by atoms with Crippen molar-refractivity contribution in [1.29, 1.82) is 0 Å². The lowest BCUT2D eigenvalue weighted by atomic mass is 10.00. The Bertz CT molecular complexity index is 1510. The molecular weight excluding hydrogens is 608 g/mol. The van der Waals surface area contributed by atoms with Crippen molar-refractivity contribution in [1.82, 2.24) is 14.5 Å². The summed E-state index contributed by atoms with van der Waals surface area (Å²) in [4.78, 5) is 32.6. The van der Waals surface area contributed by atoms with Crippen LogP contribution >= 0.6 is 7.75 Å². The molecule has 11 nitrogen and oxygen atoms in total. The standard InChI is InChI=1S/C23H22F7N4O7P/c1-12(14-8-15(22(25,26)27)10-16(9-14)23(28,29)30)41-20-19(13-2-4-17(24)5-3-13)34(36,6-7-40-20)11-18-31-21(35)33(32-18)42(37,38)39/h2-5,8-10,12,19-20H,6-7,11H2,1H3,(H,31,32,35)(H2,37,38,39)/t12-,19+,20-,34+/m1/s1. The van der Waals surface area contributed by atoms with Crippen molar-refractivity contribution in [2.75, 3.05) is 13.2 Å². The minimum atomic E-state index is -5.18. The molecule has 42 heavy (non-hydrogen) atoms. The molecule has 0 bridgehead atoms. The molecule has 4 rings (SSSR count). The van der Waals surface area contributed by atoms with Gasteiger partial charge in [-0.15, -0.1) is 9.55 Å². The fourth-order valence-corrected chi connectivity index (χ4v) is 5.02. The molecule has 4 atom stereocenters. The number of hydrogen-bond acceptors (Lipinski definition) is 6. The Balaban J connectivity index is 1.73. The molecule has 19 heteroatoms. The molecule has 1 aliphatic rings. The molecule has 0 spiro atoms. The van der Waals surface area contributed by atoms with Gasteiger partial charge < -0.3 is 29.1 Å². The summed E-state index contributed by atoms with van der Waals surface area (Å²) in [6.07, 6.45) is -13.4. The van der Waals surface area contributed by atoms with E-state index in [-0.39, 0.29) is 29.2 Å². The summed E-state index contributed by atoms with van der Waals surface area (Å²) in [7, 11) is -5.18. The second-order valence-electron chi connectivity index (χ2n) is 9.47. The van der Waals surface area contributed by atoms with Gasteiger partial charge in [0.15, 0.2) is 11.9 Å². The molecular formula is C23H22F7N4O7P. The lowest BCUT2D eigenvalue weighted by Gasteiger charge is -2.53. The SMILES string of the molecule is C[C@@H](O[C@H]1OCC[N@+]([O-])(Cc2nn(P(=O)(O)O)c(=O)[nH]2)[C@H]1c1ccc(F)cc1)c1cc(C(F)(F)F)cc(C(F)(F)F)c1. The lowest BCUT2D eigenvalue weighted by Crippen LogP contribution is -2.56. The number of rotatable bonds is 7. The van der Waals surface area contributed by atoms with E-state index >= 15 is 0 Å². The predicted octanol–water partition coefficient (Wildman–Crippen LogP) is 4.38. The first-order chi connectivity index (χ1) is 19.3. The van der Waals surface area contributed by atoms with E-state index in [1.54, 1.807) is 0 Å². The highest BCUT2D eigenvalue weighted by molar-refractivity contribution is 7.49. The summed E-state index contributed by atoms with van der Waals surface area (Å²) < 4.78 is 115. The summed E-state index contributed by atoms with van der Waals surface area (Å²) in [5.41, 5.74) is -4.93. The second-order valence-corrected chi connectivity index (χ2v) is 10.9. The van der Waals surface area contributed by atoms with Crippen LogP contribution in [0.1, 0.15) is 47.1 Å². The fourth-order valence-electron chi connectivity index (χ4n) is 4.51. The number of hydroxylamine groups is 3. The number of nitrogens with one attached hydrogen (secondary N) is 1. The second kappa shape index (κ2) is 11.2. The van der Waals surface area contributed by atoms with Gasteiger partial charge in [-0.2, -0.15) is 26.3 Å². The van der Waals surface area contributed by atoms with Crippen LogP contribution in [0, 0.1) is 11.0 Å². The van der Waals surface area contributed by atoms with Crippen molar-refractivity contribution < 1.29 is 59.2 Å². The lowest BCUT2D eigenvalue weighted by molar-refractivity contribution is -0.941. The van der Waals surface area contributed by atoms with Gasteiger partial charge in [0.25, 0.3) is 0 Å². The molecule has 0 aliphatic carbocycles. The van der Waals surface area contributed by atoms with Crippen molar-refractivity contribution in [2.24, 2.45) is 0 Å². The molecule has 2 aromatic carbocycles. The maximum atomic E-state index is 14.2. The maximum Gasteiger partial charge on any atom is 0.454 e. The molecule has 1 aromatic heterocycles. The smallest absolute Gasteiger partial charge is 0.454 e. The normalized spacial score (nSPS) is 22.7. The molecule has 2 heterocycles. The van der Waals surface area contributed by atoms with E-state index < -0.39 is 83.7 Å². The first kappa shape index (κ1) is 31.8. The van der Waals surface area contributed by atoms with Crippen LogP contribution in [0.4, 0.5) is 30.7 Å². The van der Waals surface area contributed by atoms with E-state index in [2.05, 4.69) is 10.1 Å². The molecule has 0 amide bonds. The van der Waals surface area contributed by atoms with E-state index in [4.69, 9.17) is 9.47 Å². The number of H-pyrrole nitrogens is 1. The average Bonchev–Trinajstić information content (AvgIpc) is 3.23. The van der Waals surface area contributed by atoms with Gasteiger partial charge in [-0.25, -0.2) is 13.8 Å². The number of aromatic amines is 1.